The van der Waals surface area contributed by atoms with Gasteiger partial charge in [0, 0.05) is 24.2 Å². The predicted molar refractivity (Wildman–Crippen MR) is 87.5 cm³/mol. The Balaban J connectivity index is 3.19. The quantitative estimate of drug-likeness (QED) is 0.254. The minimum absolute atomic E-state index is 0.119. The van der Waals surface area contributed by atoms with Crippen molar-refractivity contribution in [1.82, 2.24) is 0 Å². The lowest BCUT2D eigenvalue weighted by atomic mass is 10.1. The molecule has 3 N–H and O–H groups in total. The number of hydrogen-bond donors (Lipinski definition) is 2. The Morgan fingerprint density at radius 2 is 2.10 bits per heavy atom. The van der Waals surface area contributed by atoms with Gasteiger partial charge in [-0.3, -0.25) is 0 Å². The fourth-order valence-electron chi connectivity index (χ4n) is 2.34. The van der Waals surface area contributed by atoms with Crippen LogP contribution in [0.5, 0.6) is 5.75 Å². The van der Waals surface area contributed by atoms with Gasteiger partial charge in [-0.2, -0.15) is 0 Å². The molecule has 0 amide bonds. The van der Waals surface area contributed by atoms with Gasteiger partial charge in [0.25, 0.3) is 0 Å². The molecule has 0 unspecified atom stereocenters. The summed E-state index contributed by atoms with van der Waals surface area (Å²) in [6, 6.07) is 5.92. The zero-order valence-electron chi connectivity index (χ0n) is 13.5. The Labute approximate surface area is 127 Å². The van der Waals surface area contributed by atoms with Crippen molar-refractivity contribution in [3.05, 3.63) is 23.8 Å². The summed E-state index contributed by atoms with van der Waals surface area (Å²) in [7, 11) is 1.64. The molecule has 0 atom stereocenters. The molecule has 0 aliphatic carbocycles. The molecule has 0 heterocycles. The van der Waals surface area contributed by atoms with E-state index in [4.69, 9.17) is 15.7 Å². The van der Waals surface area contributed by atoms with Gasteiger partial charge in [-0.15, -0.1) is 0 Å². The first-order chi connectivity index (χ1) is 10.0. The molecule has 0 saturated heterocycles. The molecule has 0 radical (unpaired) electrons. The van der Waals surface area contributed by atoms with Crippen molar-refractivity contribution in [3.8, 4) is 5.75 Å². The third kappa shape index (κ3) is 4.55. The molecule has 1 rings (SSSR count). The summed E-state index contributed by atoms with van der Waals surface area (Å²) >= 11 is 0. The lowest BCUT2D eigenvalue weighted by Crippen LogP contribution is -2.34. The average Bonchev–Trinajstić information content (AvgIpc) is 2.50. The summed E-state index contributed by atoms with van der Waals surface area (Å²) in [6.45, 7) is 7.40. The highest BCUT2D eigenvalue weighted by Crippen LogP contribution is 2.28. The predicted octanol–water partition coefficient (Wildman–Crippen LogP) is 3.19. The highest BCUT2D eigenvalue weighted by Gasteiger charge is 2.17. The van der Waals surface area contributed by atoms with Crippen LogP contribution >= 0.6 is 0 Å². The van der Waals surface area contributed by atoms with Gasteiger partial charge in [0.1, 0.15) is 5.75 Å². The molecule has 5 heteroatoms. The Morgan fingerprint density at radius 3 is 2.62 bits per heavy atom. The second-order valence-corrected chi connectivity index (χ2v) is 5.36. The third-order valence-electron chi connectivity index (χ3n) is 3.52. The van der Waals surface area contributed by atoms with E-state index >= 15 is 0 Å². The fraction of sp³-hybridized carbons (Fsp3) is 0.562. The number of amidine groups is 1. The van der Waals surface area contributed by atoms with Crippen molar-refractivity contribution in [2.45, 2.75) is 46.1 Å². The zero-order valence-corrected chi connectivity index (χ0v) is 13.5. The first kappa shape index (κ1) is 17.1. The van der Waals surface area contributed by atoms with E-state index in [1.54, 1.807) is 7.11 Å². The number of methoxy groups -OCH3 is 1. The Bertz CT molecular complexity index is 473. The minimum Gasteiger partial charge on any atom is -0.497 e. The maximum absolute atomic E-state index is 8.99. The maximum Gasteiger partial charge on any atom is 0.172 e. The molecule has 21 heavy (non-hydrogen) atoms. The van der Waals surface area contributed by atoms with Crippen LogP contribution in [0, 0.1) is 0 Å². The van der Waals surface area contributed by atoms with Gasteiger partial charge >= 0.3 is 0 Å². The minimum atomic E-state index is 0.119. The molecule has 0 aliphatic heterocycles. The van der Waals surface area contributed by atoms with Gasteiger partial charge in [0.2, 0.25) is 0 Å². The Morgan fingerprint density at radius 1 is 1.38 bits per heavy atom. The number of oxime groups is 1. The van der Waals surface area contributed by atoms with Crippen LogP contribution in [0.15, 0.2) is 23.4 Å². The topological polar surface area (TPSA) is 71.1 Å². The number of unbranched alkanes of at least 4 members (excludes halogenated alkanes) is 2. The number of nitrogens with zero attached hydrogens (tertiary/aromatic N) is 2. The number of ether oxygens (including phenoxy) is 1. The van der Waals surface area contributed by atoms with Gasteiger partial charge < -0.3 is 20.6 Å². The van der Waals surface area contributed by atoms with E-state index in [2.05, 4.69) is 30.8 Å². The Kier molecular flexibility index (Phi) is 6.85. The number of nitrogens with two attached hydrogens (primary N) is 1. The van der Waals surface area contributed by atoms with Crippen LogP contribution in [0.2, 0.25) is 0 Å². The van der Waals surface area contributed by atoms with Crippen molar-refractivity contribution in [2.75, 3.05) is 18.6 Å². The monoisotopic (exact) mass is 293 g/mol. The fourth-order valence-corrected chi connectivity index (χ4v) is 2.34. The van der Waals surface area contributed by atoms with Crippen LogP contribution in [0.25, 0.3) is 0 Å². The first-order valence-corrected chi connectivity index (χ1v) is 7.47. The van der Waals surface area contributed by atoms with Crippen molar-refractivity contribution in [1.29, 1.82) is 0 Å². The van der Waals surface area contributed by atoms with Gasteiger partial charge in [0.05, 0.1) is 12.8 Å². The van der Waals surface area contributed by atoms with Crippen molar-refractivity contribution in [3.63, 3.8) is 0 Å². The summed E-state index contributed by atoms with van der Waals surface area (Å²) in [5.41, 5.74) is 7.48. The lowest BCUT2D eigenvalue weighted by molar-refractivity contribution is 0.318. The molecular formula is C16H27N3O2. The summed E-state index contributed by atoms with van der Waals surface area (Å²) in [4.78, 5) is 2.27. The van der Waals surface area contributed by atoms with Crippen molar-refractivity contribution >= 4 is 11.5 Å². The van der Waals surface area contributed by atoms with Gasteiger partial charge in [0.15, 0.2) is 5.84 Å². The molecule has 5 nitrogen and oxygen atoms in total. The lowest BCUT2D eigenvalue weighted by Gasteiger charge is -2.31. The average molecular weight is 293 g/mol. The summed E-state index contributed by atoms with van der Waals surface area (Å²) in [5, 5.41) is 12.1. The van der Waals surface area contributed by atoms with Gasteiger partial charge in [-0.25, -0.2) is 0 Å². The smallest absolute Gasteiger partial charge is 0.172 e. The number of hydrogen-bond acceptors (Lipinski definition) is 4. The van der Waals surface area contributed by atoms with Crippen LogP contribution in [0.1, 0.15) is 45.6 Å². The standard InChI is InChI=1S/C16H27N3O2/c1-5-6-7-10-19(12(2)3)15-11-13(21-4)8-9-14(15)16(17)18-20/h8-9,11-12,20H,5-7,10H2,1-4H3,(H2,17,18). The van der Waals surface area contributed by atoms with Crippen LogP contribution in [-0.4, -0.2) is 30.7 Å². The van der Waals surface area contributed by atoms with E-state index in [0.29, 0.717) is 6.04 Å². The first-order valence-electron chi connectivity index (χ1n) is 7.47. The zero-order chi connectivity index (χ0) is 15.8. The van der Waals surface area contributed by atoms with Crippen LogP contribution in [0.3, 0.4) is 0 Å². The SMILES string of the molecule is CCCCCN(c1cc(OC)ccc1/C(N)=N/O)C(C)C. The van der Waals surface area contributed by atoms with E-state index in [9.17, 15) is 0 Å². The second kappa shape index (κ2) is 8.39. The largest absolute Gasteiger partial charge is 0.497 e. The normalized spacial score (nSPS) is 11.8. The molecule has 1 aromatic carbocycles. The molecule has 118 valence electrons. The molecule has 0 spiro atoms. The summed E-state index contributed by atoms with van der Waals surface area (Å²) < 4.78 is 5.31. The van der Waals surface area contributed by atoms with E-state index in [1.807, 2.05) is 18.2 Å². The van der Waals surface area contributed by atoms with E-state index in [0.717, 1.165) is 30.0 Å². The van der Waals surface area contributed by atoms with E-state index in [-0.39, 0.29) is 5.84 Å². The van der Waals surface area contributed by atoms with Crippen molar-refractivity contribution < 1.29 is 9.94 Å². The van der Waals surface area contributed by atoms with Crippen LogP contribution in [0.4, 0.5) is 5.69 Å². The molecule has 0 bridgehead atoms. The molecule has 0 fully saturated rings. The molecule has 0 saturated carbocycles. The number of benzene rings is 1. The van der Waals surface area contributed by atoms with E-state index < -0.39 is 0 Å². The summed E-state index contributed by atoms with van der Waals surface area (Å²) in [6.07, 6.45) is 3.48. The number of anilines is 1. The maximum atomic E-state index is 8.99. The summed E-state index contributed by atoms with van der Waals surface area (Å²) in [5.74, 6) is 0.884. The van der Waals surface area contributed by atoms with Crippen molar-refractivity contribution in [2.24, 2.45) is 10.9 Å². The molecule has 0 aliphatic rings. The van der Waals surface area contributed by atoms with Crippen LogP contribution in [-0.2, 0) is 0 Å². The Hall–Kier alpha value is -1.91. The number of rotatable bonds is 8. The third-order valence-corrected chi connectivity index (χ3v) is 3.52. The second-order valence-electron chi connectivity index (χ2n) is 5.36. The highest BCUT2D eigenvalue weighted by atomic mass is 16.5. The van der Waals surface area contributed by atoms with E-state index in [1.165, 1.54) is 12.8 Å². The molecule has 1 aromatic rings. The highest BCUT2D eigenvalue weighted by molar-refractivity contribution is 6.02. The van der Waals surface area contributed by atoms with Crippen LogP contribution < -0.4 is 15.4 Å². The van der Waals surface area contributed by atoms with Gasteiger partial charge in [-0.05, 0) is 32.4 Å². The molecular weight excluding hydrogens is 266 g/mol. The van der Waals surface area contributed by atoms with Gasteiger partial charge in [-0.1, -0.05) is 24.9 Å². The molecule has 0 aromatic heterocycles.